The molecule has 1 amide bonds. The fourth-order valence-corrected chi connectivity index (χ4v) is 1.82. The van der Waals surface area contributed by atoms with E-state index in [1.807, 2.05) is 38.1 Å². The number of carbonyl (C=O) groups is 1. The molecule has 1 aromatic carbocycles. The molecule has 5 nitrogen and oxygen atoms in total. The van der Waals surface area contributed by atoms with Gasteiger partial charge < -0.3 is 10.3 Å². The molecule has 1 heterocycles. The summed E-state index contributed by atoms with van der Waals surface area (Å²) in [4.78, 5) is 25.9. The van der Waals surface area contributed by atoms with Crippen LogP contribution < -0.4 is 11.0 Å². The highest BCUT2D eigenvalue weighted by Crippen LogP contribution is 2.08. The monoisotopic (exact) mass is 247 g/mol. The molecule has 2 rings (SSSR count). The van der Waals surface area contributed by atoms with E-state index in [4.69, 9.17) is 0 Å². The van der Waals surface area contributed by atoms with Crippen LogP contribution in [0.1, 0.15) is 13.8 Å². The lowest BCUT2D eigenvalue weighted by atomic mass is 10.2. The van der Waals surface area contributed by atoms with Crippen molar-refractivity contribution in [1.29, 1.82) is 0 Å². The standard InChI is InChI=1S/C13H17N3O2/c1-9(2)12(17)14-7-8-16-11-6-4-3-5-10(11)15-13(16)18/h3-6,9H,7-8H2,1-2H3,(H,14,17)(H,15,18). The molecular formula is C13H17N3O2. The van der Waals surface area contributed by atoms with E-state index in [1.54, 1.807) is 4.57 Å². The van der Waals surface area contributed by atoms with Crippen LogP contribution in [-0.2, 0) is 11.3 Å². The Morgan fingerprint density at radius 1 is 1.39 bits per heavy atom. The van der Waals surface area contributed by atoms with Crippen molar-refractivity contribution in [3.05, 3.63) is 34.7 Å². The number of fused-ring (bicyclic) bond motifs is 1. The van der Waals surface area contributed by atoms with E-state index < -0.39 is 0 Å². The molecule has 0 bridgehead atoms. The van der Waals surface area contributed by atoms with E-state index in [0.29, 0.717) is 13.1 Å². The van der Waals surface area contributed by atoms with Gasteiger partial charge in [-0.1, -0.05) is 26.0 Å². The number of amides is 1. The number of hydrogen-bond acceptors (Lipinski definition) is 2. The summed E-state index contributed by atoms with van der Waals surface area (Å²) in [6.07, 6.45) is 0. The molecule has 0 atom stereocenters. The van der Waals surface area contributed by atoms with Crippen molar-refractivity contribution in [3.8, 4) is 0 Å². The molecule has 5 heteroatoms. The first-order chi connectivity index (χ1) is 8.59. The van der Waals surface area contributed by atoms with Crippen LogP contribution in [0.3, 0.4) is 0 Å². The summed E-state index contributed by atoms with van der Waals surface area (Å²) >= 11 is 0. The van der Waals surface area contributed by atoms with Gasteiger partial charge in [-0.2, -0.15) is 0 Å². The molecule has 0 aliphatic carbocycles. The summed E-state index contributed by atoms with van der Waals surface area (Å²) in [6, 6.07) is 7.51. The number of nitrogens with zero attached hydrogens (tertiary/aromatic N) is 1. The Balaban J connectivity index is 2.10. The number of benzene rings is 1. The number of carbonyl (C=O) groups excluding carboxylic acids is 1. The molecule has 0 spiro atoms. The van der Waals surface area contributed by atoms with Gasteiger partial charge in [-0.3, -0.25) is 9.36 Å². The van der Waals surface area contributed by atoms with Crippen molar-refractivity contribution in [2.24, 2.45) is 5.92 Å². The van der Waals surface area contributed by atoms with Crippen LogP contribution in [0.2, 0.25) is 0 Å². The largest absolute Gasteiger partial charge is 0.354 e. The van der Waals surface area contributed by atoms with Gasteiger partial charge in [0, 0.05) is 19.0 Å². The SMILES string of the molecule is CC(C)C(=O)NCCn1c(=O)[nH]c2ccccc21. The van der Waals surface area contributed by atoms with Crippen molar-refractivity contribution >= 4 is 16.9 Å². The fraction of sp³-hybridized carbons (Fsp3) is 0.385. The molecular weight excluding hydrogens is 230 g/mol. The van der Waals surface area contributed by atoms with Crippen molar-refractivity contribution in [3.63, 3.8) is 0 Å². The van der Waals surface area contributed by atoms with Crippen LogP contribution in [0.4, 0.5) is 0 Å². The van der Waals surface area contributed by atoms with Crippen LogP contribution in [-0.4, -0.2) is 22.0 Å². The number of aromatic amines is 1. The lowest BCUT2D eigenvalue weighted by Crippen LogP contribution is -2.32. The third-order valence-electron chi connectivity index (χ3n) is 2.84. The van der Waals surface area contributed by atoms with E-state index >= 15 is 0 Å². The molecule has 0 aliphatic rings. The minimum absolute atomic E-state index is 0.00268. The Kier molecular flexibility index (Phi) is 3.50. The second kappa shape index (κ2) is 5.08. The van der Waals surface area contributed by atoms with Crippen LogP contribution >= 0.6 is 0 Å². The Hall–Kier alpha value is -2.04. The minimum atomic E-state index is -0.144. The van der Waals surface area contributed by atoms with Gasteiger partial charge in [0.25, 0.3) is 0 Å². The quantitative estimate of drug-likeness (QED) is 0.849. The fourth-order valence-electron chi connectivity index (χ4n) is 1.82. The number of imidazole rings is 1. The van der Waals surface area contributed by atoms with Crippen LogP contribution in [0, 0.1) is 5.92 Å². The van der Waals surface area contributed by atoms with Crippen molar-refractivity contribution in [1.82, 2.24) is 14.9 Å². The average molecular weight is 247 g/mol. The molecule has 2 aromatic rings. The Labute approximate surface area is 105 Å². The molecule has 96 valence electrons. The van der Waals surface area contributed by atoms with Gasteiger partial charge in [0.15, 0.2) is 0 Å². The van der Waals surface area contributed by atoms with Crippen LogP contribution in [0.25, 0.3) is 11.0 Å². The van der Waals surface area contributed by atoms with Crippen molar-refractivity contribution in [2.75, 3.05) is 6.54 Å². The zero-order valence-electron chi connectivity index (χ0n) is 10.6. The molecule has 0 saturated carbocycles. The molecule has 0 saturated heterocycles. The highest BCUT2D eigenvalue weighted by Gasteiger charge is 2.08. The molecule has 1 aromatic heterocycles. The van der Waals surface area contributed by atoms with E-state index in [1.165, 1.54) is 0 Å². The molecule has 2 N–H and O–H groups in total. The number of aromatic nitrogens is 2. The van der Waals surface area contributed by atoms with Gasteiger partial charge in [-0.15, -0.1) is 0 Å². The lowest BCUT2D eigenvalue weighted by Gasteiger charge is -2.08. The number of H-pyrrole nitrogens is 1. The summed E-state index contributed by atoms with van der Waals surface area (Å²) < 4.78 is 1.63. The summed E-state index contributed by atoms with van der Waals surface area (Å²) in [5.74, 6) is -0.0346. The first kappa shape index (κ1) is 12.4. The second-order valence-corrected chi connectivity index (χ2v) is 4.54. The highest BCUT2D eigenvalue weighted by molar-refractivity contribution is 5.78. The van der Waals surface area contributed by atoms with E-state index in [2.05, 4.69) is 10.3 Å². The maximum Gasteiger partial charge on any atom is 0.326 e. The van der Waals surface area contributed by atoms with E-state index in [0.717, 1.165) is 11.0 Å². The van der Waals surface area contributed by atoms with E-state index in [9.17, 15) is 9.59 Å². The van der Waals surface area contributed by atoms with Gasteiger partial charge in [0.05, 0.1) is 11.0 Å². The van der Waals surface area contributed by atoms with Crippen LogP contribution in [0.15, 0.2) is 29.1 Å². The van der Waals surface area contributed by atoms with Gasteiger partial charge in [-0.05, 0) is 12.1 Å². The summed E-state index contributed by atoms with van der Waals surface area (Å²) in [7, 11) is 0. The number of nitrogens with one attached hydrogen (secondary N) is 2. The first-order valence-electron chi connectivity index (χ1n) is 6.05. The number of hydrogen-bond donors (Lipinski definition) is 2. The van der Waals surface area contributed by atoms with Gasteiger partial charge in [-0.25, -0.2) is 4.79 Å². The topological polar surface area (TPSA) is 66.9 Å². The van der Waals surface area contributed by atoms with Crippen molar-refractivity contribution in [2.45, 2.75) is 20.4 Å². The first-order valence-corrected chi connectivity index (χ1v) is 6.05. The molecule has 0 unspecified atom stereocenters. The van der Waals surface area contributed by atoms with Gasteiger partial charge in [0.1, 0.15) is 0 Å². The average Bonchev–Trinajstić information content (AvgIpc) is 2.65. The zero-order valence-corrected chi connectivity index (χ0v) is 10.6. The van der Waals surface area contributed by atoms with E-state index in [-0.39, 0.29) is 17.5 Å². The summed E-state index contributed by atoms with van der Waals surface area (Å²) in [6.45, 7) is 4.61. The Morgan fingerprint density at radius 3 is 2.83 bits per heavy atom. The second-order valence-electron chi connectivity index (χ2n) is 4.54. The summed E-state index contributed by atoms with van der Waals surface area (Å²) in [5.41, 5.74) is 1.54. The predicted molar refractivity (Wildman–Crippen MR) is 70.4 cm³/mol. The Morgan fingerprint density at radius 2 is 2.11 bits per heavy atom. The van der Waals surface area contributed by atoms with Gasteiger partial charge >= 0.3 is 5.69 Å². The smallest absolute Gasteiger partial charge is 0.326 e. The number of para-hydroxylation sites is 2. The van der Waals surface area contributed by atoms with Crippen molar-refractivity contribution < 1.29 is 4.79 Å². The normalized spacial score (nSPS) is 11.1. The maximum absolute atomic E-state index is 11.7. The zero-order chi connectivity index (χ0) is 13.1. The van der Waals surface area contributed by atoms with Gasteiger partial charge in [0.2, 0.25) is 5.91 Å². The third kappa shape index (κ3) is 2.45. The molecule has 0 fully saturated rings. The van der Waals surface area contributed by atoms with Crippen LogP contribution in [0.5, 0.6) is 0 Å². The lowest BCUT2D eigenvalue weighted by molar-refractivity contribution is -0.124. The summed E-state index contributed by atoms with van der Waals surface area (Å²) in [5, 5.41) is 2.80. The molecule has 0 radical (unpaired) electrons. The maximum atomic E-state index is 11.7. The Bertz CT molecular complexity index is 610. The number of rotatable bonds is 4. The molecule has 0 aliphatic heterocycles. The third-order valence-corrected chi connectivity index (χ3v) is 2.84. The minimum Gasteiger partial charge on any atom is -0.354 e. The highest BCUT2D eigenvalue weighted by atomic mass is 16.2. The predicted octanol–water partition coefficient (Wildman–Crippen LogP) is 1.10. The molecule has 18 heavy (non-hydrogen) atoms.